The normalized spacial score (nSPS) is 29.8. The van der Waals surface area contributed by atoms with Crippen LogP contribution < -0.4 is 15.4 Å². The van der Waals surface area contributed by atoms with Gasteiger partial charge in [0.15, 0.2) is 0 Å². The first-order chi connectivity index (χ1) is 24.2. The molecule has 272 valence electrons. The highest BCUT2D eigenvalue weighted by Gasteiger charge is 2.63. The largest absolute Gasteiger partial charge is 0.496 e. The van der Waals surface area contributed by atoms with Gasteiger partial charge in [0.1, 0.15) is 29.0 Å². The Balaban J connectivity index is 1.42. The Morgan fingerprint density at radius 3 is 2.46 bits per heavy atom. The van der Waals surface area contributed by atoms with Gasteiger partial charge in [-0.25, -0.2) is 9.59 Å². The van der Waals surface area contributed by atoms with Crippen LogP contribution in [-0.2, 0) is 40.6 Å². The fourth-order valence-electron chi connectivity index (χ4n) is 8.35. The van der Waals surface area contributed by atoms with Gasteiger partial charge in [0.25, 0.3) is 0 Å². The molecule has 11 nitrogen and oxygen atoms in total. The van der Waals surface area contributed by atoms with E-state index in [0.29, 0.717) is 12.8 Å². The molecule has 6 rings (SSSR count). The lowest BCUT2D eigenvalue weighted by molar-refractivity contribution is -0.150. The summed E-state index contributed by atoms with van der Waals surface area (Å²) in [6.45, 7) is 2.32. The van der Waals surface area contributed by atoms with Crippen LogP contribution >= 0.6 is 0 Å². The number of alkyl carbamates (subject to hydrolysis) is 1. The van der Waals surface area contributed by atoms with Crippen molar-refractivity contribution in [2.75, 3.05) is 34.0 Å². The zero-order chi connectivity index (χ0) is 35.3. The van der Waals surface area contributed by atoms with Crippen molar-refractivity contribution in [3.05, 3.63) is 41.5 Å². The van der Waals surface area contributed by atoms with Crippen LogP contribution in [0.2, 0.25) is 0 Å². The predicted molar refractivity (Wildman–Crippen MR) is 188 cm³/mol. The quantitative estimate of drug-likeness (QED) is 0.392. The molecule has 2 aromatic rings. The number of benzene rings is 2. The summed E-state index contributed by atoms with van der Waals surface area (Å²) in [4.78, 5) is 57.1. The van der Waals surface area contributed by atoms with E-state index in [0.717, 1.165) is 98.3 Å². The molecule has 1 aliphatic carbocycles. The third-order valence-corrected chi connectivity index (χ3v) is 11.4. The van der Waals surface area contributed by atoms with Crippen molar-refractivity contribution in [1.29, 1.82) is 0 Å². The number of carbonyl (C=O) groups is 4. The van der Waals surface area contributed by atoms with Gasteiger partial charge in [0, 0.05) is 13.5 Å². The molecule has 50 heavy (non-hydrogen) atoms. The van der Waals surface area contributed by atoms with Crippen LogP contribution in [0.25, 0.3) is 10.8 Å². The molecule has 2 saturated heterocycles. The number of methoxy groups -OCH3 is 2. The van der Waals surface area contributed by atoms with E-state index >= 15 is 0 Å². The number of ether oxygens (including phenoxy) is 4. The third-order valence-electron chi connectivity index (χ3n) is 11.4. The van der Waals surface area contributed by atoms with Crippen molar-refractivity contribution < 1.29 is 38.1 Å². The number of fused-ring (bicyclic) bond motifs is 6. The maximum Gasteiger partial charge on any atom is 0.407 e. The van der Waals surface area contributed by atoms with E-state index in [9.17, 15) is 19.2 Å². The van der Waals surface area contributed by atoms with Gasteiger partial charge in [-0.05, 0) is 91.5 Å². The first kappa shape index (κ1) is 35.9. The average molecular weight is 692 g/mol. The van der Waals surface area contributed by atoms with Crippen LogP contribution in [0.5, 0.6) is 5.75 Å². The number of esters is 1. The molecule has 3 heterocycles. The molecule has 5 atom stereocenters. The lowest BCUT2D eigenvalue weighted by Gasteiger charge is -2.31. The number of cyclic esters (lactones) is 1. The molecule has 3 amide bonds. The summed E-state index contributed by atoms with van der Waals surface area (Å²) in [5.41, 5.74) is -0.175. The third kappa shape index (κ3) is 7.43. The SMILES string of the molecule is CCOC(=O)[C@@]12C[C@@H]1CCCCCCC[C@@H]1NC(=O)OCCCCCCc3cc4cc(ccc4cc3OC)[C@]3(OC)C[C@@H](C(=O)N2)N(C3)C1=O. The molecule has 0 unspecified atom stereocenters. The Labute approximate surface area is 295 Å². The molecule has 3 fully saturated rings. The molecule has 4 aliphatic rings. The fourth-order valence-corrected chi connectivity index (χ4v) is 8.35. The Kier molecular flexibility index (Phi) is 11.2. The lowest BCUT2D eigenvalue weighted by Crippen LogP contribution is -2.56. The number of carbonyl (C=O) groups excluding carboxylic acids is 4. The molecular weight excluding hydrogens is 638 g/mol. The predicted octanol–water partition coefficient (Wildman–Crippen LogP) is 5.68. The fraction of sp³-hybridized carbons (Fsp3) is 0.641. The zero-order valence-corrected chi connectivity index (χ0v) is 29.9. The van der Waals surface area contributed by atoms with E-state index in [1.807, 2.05) is 12.1 Å². The van der Waals surface area contributed by atoms with E-state index in [4.69, 9.17) is 18.9 Å². The van der Waals surface area contributed by atoms with Gasteiger partial charge in [0.05, 0.1) is 26.9 Å². The Morgan fingerprint density at radius 2 is 1.68 bits per heavy atom. The van der Waals surface area contributed by atoms with E-state index < -0.39 is 41.2 Å². The first-order valence-electron chi connectivity index (χ1n) is 18.6. The molecular formula is C39H53N3O8. The van der Waals surface area contributed by atoms with Gasteiger partial charge < -0.3 is 34.5 Å². The summed E-state index contributed by atoms with van der Waals surface area (Å²) in [5, 5.41) is 7.99. The molecule has 11 heteroatoms. The number of nitrogens with zero attached hydrogens (tertiary/aromatic N) is 1. The second-order valence-corrected chi connectivity index (χ2v) is 14.5. The molecule has 2 N–H and O–H groups in total. The van der Waals surface area contributed by atoms with Crippen molar-refractivity contribution in [3.63, 3.8) is 0 Å². The summed E-state index contributed by atoms with van der Waals surface area (Å²) in [5.74, 6) is -0.381. The van der Waals surface area contributed by atoms with E-state index in [2.05, 4.69) is 28.8 Å². The number of rotatable bonds is 4. The molecule has 0 spiro atoms. The second kappa shape index (κ2) is 15.6. The van der Waals surface area contributed by atoms with Crippen LogP contribution in [0, 0.1) is 5.92 Å². The van der Waals surface area contributed by atoms with Crippen molar-refractivity contribution >= 4 is 34.6 Å². The van der Waals surface area contributed by atoms with E-state index in [1.165, 1.54) is 0 Å². The molecule has 2 aromatic carbocycles. The summed E-state index contributed by atoms with van der Waals surface area (Å²) < 4.78 is 23.1. The number of aryl methyl sites for hydroxylation is 1. The van der Waals surface area contributed by atoms with Crippen LogP contribution in [0.1, 0.15) is 102 Å². The van der Waals surface area contributed by atoms with Gasteiger partial charge in [-0.2, -0.15) is 0 Å². The minimum absolute atomic E-state index is 0.0175. The van der Waals surface area contributed by atoms with Crippen LogP contribution in [0.15, 0.2) is 30.3 Å². The first-order valence-corrected chi connectivity index (χ1v) is 18.6. The average Bonchev–Trinajstić information content (AvgIpc) is 3.66. The van der Waals surface area contributed by atoms with Crippen molar-refractivity contribution in [3.8, 4) is 5.75 Å². The van der Waals surface area contributed by atoms with E-state index in [1.54, 1.807) is 26.0 Å². The monoisotopic (exact) mass is 691 g/mol. The number of amides is 3. The lowest BCUT2D eigenvalue weighted by atomic mass is 9.88. The van der Waals surface area contributed by atoms with E-state index in [-0.39, 0.29) is 38.0 Å². The summed E-state index contributed by atoms with van der Waals surface area (Å²) in [7, 11) is 3.30. The standard InChI is InChI=1S/C39H53N3O8/c1-4-49-36(45)39-23-30(39)15-11-6-5-7-12-16-31-35(44)42-25-38(48-3,24-32(42)34(43)41-39)29-18-17-26-22-33(47-2)27(20-28(26)21-29)14-10-8-9-13-19-50-37(46)40-31/h17-18,20-22,30-32H,4-16,19,23-25H2,1-3H3,(H,40,46)(H,41,43)/t30-,31-,32-,38-,39+/m0/s1. The highest BCUT2D eigenvalue weighted by Crippen LogP contribution is 2.49. The summed E-state index contributed by atoms with van der Waals surface area (Å²) in [6.07, 6.45) is 10.3. The van der Waals surface area contributed by atoms with Gasteiger partial charge in [-0.15, -0.1) is 0 Å². The Bertz CT molecular complexity index is 1580. The summed E-state index contributed by atoms with van der Waals surface area (Å²) in [6, 6.07) is 8.51. The van der Waals surface area contributed by atoms with Crippen LogP contribution in [0.3, 0.4) is 0 Å². The second-order valence-electron chi connectivity index (χ2n) is 14.5. The smallest absolute Gasteiger partial charge is 0.407 e. The Morgan fingerprint density at radius 1 is 0.920 bits per heavy atom. The van der Waals surface area contributed by atoms with Gasteiger partial charge in [0.2, 0.25) is 11.8 Å². The van der Waals surface area contributed by atoms with Crippen molar-refractivity contribution in [2.24, 2.45) is 5.92 Å². The molecule has 6 bridgehead atoms. The highest BCUT2D eigenvalue weighted by molar-refractivity contribution is 5.96. The van der Waals surface area contributed by atoms with Crippen molar-refractivity contribution in [2.45, 2.75) is 120 Å². The Hall–Kier alpha value is -3.86. The highest BCUT2D eigenvalue weighted by atomic mass is 16.5. The topological polar surface area (TPSA) is 132 Å². The minimum Gasteiger partial charge on any atom is -0.496 e. The zero-order valence-electron chi connectivity index (χ0n) is 29.9. The maximum atomic E-state index is 14.6. The summed E-state index contributed by atoms with van der Waals surface area (Å²) >= 11 is 0. The molecule has 0 aromatic heterocycles. The van der Waals surface area contributed by atoms with Gasteiger partial charge in [-0.3, -0.25) is 9.59 Å². The molecule has 1 saturated carbocycles. The van der Waals surface area contributed by atoms with Crippen molar-refractivity contribution in [1.82, 2.24) is 15.5 Å². The molecule has 3 aliphatic heterocycles. The van der Waals surface area contributed by atoms with Crippen LogP contribution in [-0.4, -0.2) is 80.4 Å². The minimum atomic E-state index is -1.11. The van der Waals surface area contributed by atoms with Gasteiger partial charge in [-0.1, -0.05) is 57.1 Å². The number of nitrogens with one attached hydrogen (secondary N) is 2. The van der Waals surface area contributed by atoms with Gasteiger partial charge >= 0.3 is 12.1 Å². The maximum absolute atomic E-state index is 14.6. The molecule has 0 radical (unpaired) electrons. The number of hydrogen-bond donors (Lipinski definition) is 2. The van der Waals surface area contributed by atoms with Crippen LogP contribution in [0.4, 0.5) is 4.79 Å². The number of hydrogen-bond acceptors (Lipinski definition) is 8.